The van der Waals surface area contributed by atoms with Crippen LogP contribution in [0.15, 0.2) is 12.7 Å². The van der Waals surface area contributed by atoms with Crippen molar-refractivity contribution in [2.45, 2.75) is 6.42 Å². The van der Waals surface area contributed by atoms with Crippen LogP contribution in [0.2, 0.25) is 0 Å². The first kappa shape index (κ1) is 11.5. The lowest BCUT2D eigenvalue weighted by molar-refractivity contribution is -0.125. The molecule has 0 aliphatic carbocycles. The first-order chi connectivity index (χ1) is 5.34. The Labute approximate surface area is 79.2 Å². The molecule has 0 unspecified atom stereocenters. The number of amides is 1. The molecule has 12 heavy (non-hydrogen) atoms. The first-order valence-electron chi connectivity index (χ1n) is 3.96. The molecule has 0 atom stereocenters. The Kier molecular flexibility index (Phi) is 5.76. The summed E-state index contributed by atoms with van der Waals surface area (Å²) in [4.78, 5) is 12.9. The Morgan fingerprint density at radius 1 is 1.42 bits per heavy atom. The highest BCUT2D eigenvalue weighted by Gasteiger charge is 2.10. The SMILES string of the molecule is C=CC(=O)N1CCCNCC1.Cl. The Morgan fingerprint density at radius 3 is 2.83 bits per heavy atom. The summed E-state index contributed by atoms with van der Waals surface area (Å²) in [6.07, 6.45) is 2.42. The second kappa shape index (κ2) is 6.03. The van der Waals surface area contributed by atoms with Gasteiger partial charge in [-0.15, -0.1) is 12.4 Å². The van der Waals surface area contributed by atoms with Crippen molar-refractivity contribution >= 4 is 18.3 Å². The number of nitrogens with zero attached hydrogens (tertiary/aromatic N) is 1. The molecule has 0 aromatic rings. The summed E-state index contributed by atoms with van der Waals surface area (Å²) in [6.45, 7) is 7.04. The fourth-order valence-corrected chi connectivity index (χ4v) is 1.20. The van der Waals surface area contributed by atoms with E-state index in [0.717, 1.165) is 32.6 Å². The van der Waals surface area contributed by atoms with Crippen molar-refractivity contribution in [2.24, 2.45) is 0 Å². The molecule has 4 heteroatoms. The van der Waals surface area contributed by atoms with Crippen LogP contribution in [0.3, 0.4) is 0 Å². The number of hydrogen-bond acceptors (Lipinski definition) is 2. The van der Waals surface area contributed by atoms with E-state index in [1.165, 1.54) is 6.08 Å². The Bertz CT molecular complexity index is 153. The van der Waals surface area contributed by atoms with Crippen LogP contribution in [0.25, 0.3) is 0 Å². The van der Waals surface area contributed by atoms with Gasteiger partial charge in [0.25, 0.3) is 0 Å². The van der Waals surface area contributed by atoms with Crippen molar-refractivity contribution < 1.29 is 4.79 Å². The molecule has 1 fully saturated rings. The number of carbonyl (C=O) groups is 1. The van der Waals surface area contributed by atoms with E-state index >= 15 is 0 Å². The molecule has 1 saturated heterocycles. The molecule has 1 rings (SSSR count). The van der Waals surface area contributed by atoms with E-state index in [4.69, 9.17) is 0 Å². The van der Waals surface area contributed by atoms with Gasteiger partial charge in [-0.1, -0.05) is 6.58 Å². The van der Waals surface area contributed by atoms with Crippen LogP contribution in [0.4, 0.5) is 0 Å². The lowest BCUT2D eigenvalue weighted by atomic mass is 10.4. The van der Waals surface area contributed by atoms with E-state index in [1.807, 2.05) is 4.90 Å². The van der Waals surface area contributed by atoms with Gasteiger partial charge < -0.3 is 10.2 Å². The number of rotatable bonds is 1. The molecule has 1 aliphatic heterocycles. The van der Waals surface area contributed by atoms with Gasteiger partial charge in [0.1, 0.15) is 0 Å². The van der Waals surface area contributed by atoms with Crippen LogP contribution < -0.4 is 5.32 Å². The second-order valence-electron chi connectivity index (χ2n) is 2.63. The van der Waals surface area contributed by atoms with Gasteiger partial charge in [-0.25, -0.2) is 0 Å². The molecule has 1 amide bonds. The predicted octanol–water partition coefficient (Wildman–Crippen LogP) is 0.416. The summed E-state index contributed by atoms with van der Waals surface area (Å²) < 4.78 is 0. The standard InChI is InChI=1S/C8H14N2O.ClH/c1-2-8(11)10-6-3-4-9-5-7-10;/h2,9H,1,3-7H2;1H. The van der Waals surface area contributed by atoms with Gasteiger partial charge in [0.2, 0.25) is 5.91 Å². The maximum Gasteiger partial charge on any atom is 0.245 e. The van der Waals surface area contributed by atoms with Crippen LogP contribution in [0.5, 0.6) is 0 Å². The molecule has 0 aromatic carbocycles. The Hall–Kier alpha value is -0.540. The van der Waals surface area contributed by atoms with Gasteiger partial charge in [0.05, 0.1) is 0 Å². The Balaban J connectivity index is 0.00000121. The van der Waals surface area contributed by atoms with Crippen molar-refractivity contribution in [2.75, 3.05) is 26.2 Å². The van der Waals surface area contributed by atoms with Crippen LogP contribution >= 0.6 is 12.4 Å². The van der Waals surface area contributed by atoms with E-state index < -0.39 is 0 Å². The lowest BCUT2D eigenvalue weighted by Crippen LogP contribution is -2.32. The van der Waals surface area contributed by atoms with E-state index in [1.54, 1.807) is 0 Å². The zero-order valence-corrected chi connectivity index (χ0v) is 7.90. The molecule has 0 aromatic heterocycles. The molecule has 0 saturated carbocycles. The molecular weight excluding hydrogens is 176 g/mol. The summed E-state index contributed by atoms with van der Waals surface area (Å²) in [5.74, 6) is 0.0497. The highest BCUT2D eigenvalue weighted by atomic mass is 35.5. The zero-order chi connectivity index (χ0) is 8.10. The maximum atomic E-state index is 11.1. The van der Waals surface area contributed by atoms with Gasteiger partial charge in [0, 0.05) is 19.6 Å². The van der Waals surface area contributed by atoms with E-state index in [0.29, 0.717) is 0 Å². The highest BCUT2D eigenvalue weighted by molar-refractivity contribution is 5.87. The molecule has 1 N–H and O–H groups in total. The molecule has 3 nitrogen and oxygen atoms in total. The van der Waals surface area contributed by atoms with Crippen molar-refractivity contribution in [3.63, 3.8) is 0 Å². The van der Waals surface area contributed by atoms with Crippen LogP contribution in [0, 0.1) is 0 Å². The predicted molar refractivity (Wildman–Crippen MR) is 51.5 cm³/mol. The fraction of sp³-hybridized carbons (Fsp3) is 0.625. The summed E-state index contributed by atoms with van der Waals surface area (Å²) in [5.41, 5.74) is 0. The minimum Gasteiger partial charge on any atom is -0.338 e. The summed E-state index contributed by atoms with van der Waals surface area (Å²) >= 11 is 0. The third-order valence-electron chi connectivity index (χ3n) is 1.83. The van der Waals surface area contributed by atoms with Crippen molar-refractivity contribution in [1.82, 2.24) is 10.2 Å². The topological polar surface area (TPSA) is 32.3 Å². The first-order valence-corrected chi connectivity index (χ1v) is 3.96. The number of hydrogen-bond donors (Lipinski definition) is 1. The van der Waals surface area contributed by atoms with Gasteiger partial charge in [-0.2, -0.15) is 0 Å². The van der Waals surface area contributed by atoms with E-state index in [9.17, 15) is 4.79 Å². The zero-order valence-electron chi connectivity index (χ0n) is 7.08. The smallest absolute Gasteiger partial charge is 0.245 e. The monoisotopic (exact) mass is 190 g/mol. The summed E-state index contributed by atoms with van der Waals surface area (Å²) in [6, 6.07) is 0. The normalized spacial score (nSPS) is 17.5. The number of halogens is 1. The van der Waals surface area contributed by atoms with Crippen LogP contribution in [0.1, 0.15) is 6.42 Å². The second-order valence-corrected chi connectivity index (χ2v) is 2.63. The van der Waals surface area contributed by atoms with Crippen molar-refractivity contribution in [1.29, 1.82) is 0 Å². The molecule has 1 aliphatic rings. The van der Waals surface area contributed by atoms with Crippen LogP contribution in [-0.4, -0.2) is 37.0 Å². The minimum atomic E-state index is 0. The average Bonchev–Trinajstić information content (AvgIpc) is 2.30. The third-order valence-corrected chi connectivity index (χ3v) is 1.83. The van der Waals surface area contributed by atoms with E-state index in [2.05, 4.69) is 11.9 Å². The quantitative estimate of drug-likeness (QED) is 0.608. The van der Waals surface area contributed by atoms with E-state index in [-0.39, 0.29) is 18.3 Å². The number of nitrogens with one attached hydrogen (secondary N) is 1. The molecule has 70 valence electrons. The molecule has 0 radical (unpaired) electrons. The molecular formula is C8H15ClN2O. The largest absolute Gasteiger partial charge is 0.338 e. The van der Waals surface area contributed by atoms with Crippen LogP contribution in [-0.2, 0) is 4.79 Å². The van der Waals surface area contributed by atoms with Gasteiger partial charge in [0.15, 0.2) is 0 Å². The summed E-state index contributed by atoms with van der Waals surface area (Å²) in [7, 11) is 0. The fourth-order valence-electron chi connectivity index (χ4n) is 1.20. The van der Waals surface area contributed by atoms with Gasteiger partial charge in [-0.05, 0) is 19.0 Å². The van der Waals surface area contributed by atoms with Crippen molar-refractivity contribution in [3.8, 4) is 0 Å². The highest BCUT2D eigenvalue weighted by Crippen LogP contribution is 1.95. The van der Waals surface area contributed by atoms with Gasteiger partial charge in [-0.3, -0.25) is 4.79 Å². The third kappa shape index (κ3) is 3.24. The molecule has 0 bridgehead atoms. The average molecular weight is 191 g/mol. The minimum absolute atomic E-state index is 0. The maximum absolute atomic E-state index is 11.1. The van der Waals surface area contributed by atoms with Gasteiger partial charge >= 0.3 is 0 Å². The lowest BCUT2D eigenvalue weighted by Gasteiger charge is -2.17. The molecule has 1 heterocycles. The van der Waals surface area contributed by atoms with Crippen molar-refractivity contribution in [3.05, 3.63) is 12.7 Å². The number of carbonyl (C=O) groups excluding carboxylic acids is 1. The Morgan fingerprint density at radius 2 is 2.17 bits per heavy atom. The molecule has 0 spiro atoms. The summed E-state index contributed by atoms with van der Waals surface area (Å²) in [5, 5.41) is 3.23.